The van der Waals surface area contributed by atoms with Crippen LogP contribution in [0.3, 0.4) is 0 Å². The number of esters is 2. The summed E-state index contributed by atoms with van der Waals surface area (Å²) < 4.78 is 15.8. The van der Waals surface area contributed by atoms with Crippen LogP contribution in [0.1, 0.15) is 32.8 Å². The molecule has 0 fully saturated rings. The van der Waals surface area contributed by atoms with Crippen LogP contribution in [0.15, 0.2) is 54.6 Å². The van der Waals surface area contributed by atoms with Crippen molar-refractivity contribution in [1.82, 2.24) is 5.32 Å². The van der Waals surface area contributed by atoms with Gasteiger partial charge in [0, 0.05) is 26.9 Å². The van der Waals surface area contributed by atoms with E-state index >= 15 is 0 Å². The van der Waals surface area contributed by atoms with Crippen molar-refractivity contribution in [1.29, 1.82) is 0 Å². The Morgan fingerprint density at radius 3 is 2.10 bits per heavy atom. The summed E-state index contributed by atoms with van der Waals surface area (Å²) in [5.41, 5.74) is -0.261. The molecule has 0 saturated carbocycles. The van der Waals surface area contributed by atoms with Gasteiger partial charge in [-0.1, -0.05) is 49.1 Å². The van der Waals surface area contributed by atoms with E-state index in [-0.39, 0.29) is 25.7 Å². The molecule has 0 aliphatic carbocycles. The van der Waals surface area contributed by atoms with Crippen molar-refractivity contribution in [2.24, 2.45) is 0 Å². The van der Waals surface area contributed by atoms with E-state index in [4.69, 9.17) is 14.2 Å². The second kappa shape index (κ2) is 12.6. The second-order valence-corrected chi connectivity index (χ2v) is 6.55. The number of carbonyl (C=O) groups excluding carboxylic acids is 3. The number of methoxy groups -OCH3 is 1. The zero-order chi connectivity index (χ0) is 22.6. The summed E-state index contributed by atoms with van der Waals surface area (Å²) in [6.45, 7) is 8.38. The SMILES string of the molecule is C=C/C(=C\CC(NC(C)=O)(C(=O)OCC)C(=O)OCC)C(Cc1ccccc1)OC. The Hall–Kier alpha value is -2.93. The minimum absolute atomic E-state index is 0.0479. The van der Waals surface area contributed by atoms with Crippen LogP contribution >= 0.6 is 0 Å². The number of ether oxygens (including phenoxy) is 3. The zero-order valence-corrected chi connectivity index (χ0v) is 18.1. The average Bonchev–Trinajstić information content (AvgIpc) is 2.72. The Balaban J connectivity index is 3.29. The normalized spacial score (nSPS) is 12.6. The summed E-state index contributed by atoms with van der Waals surface area (Å²) >= 11 is 0. The highest BCUT2D eigenvalue weighted by molar-refractivity contribution is 6.07. The second-order valence-electron chi connectivity index (χ2n) is 6.55. The molecule has 1 unspecified atom stereocenters. The van der Waals surface area contributed by atoms with Crippen LogP contribution in [-0.4, -0.2) is 49.8 Å². The van der Waals surface area contributed by atoms with E-state index in [0.29, 0.717) is 12.0 Å². The third kappa shape index (κ3) is 6.84. The van der Waals surface area contributed by atoms with Crippen LogP contribution < -0.4 is 5.32 Å². The molecule has 1 aromatic rings. The van der Waals surface area contributed by atoms with Gasteiger partial charge in [0.1, 0.15) is 0 Å². The van der Waals surface area contributed by atoms with Crippen molar-refractivity contribution in [2.45, 2.75) is 45.3 Å². The van der Waals surface area contributed by atoms with Crippen molar-refractivity contribution in [2.75, 3.05) is 20.3 Å². The zero-order valence-electron chi connectivity index (χ0n) is 18.1. The highest BCUT2D eigenvalue weighted by Gasteiger charge is 2.49. The van der Waals surface area contributed by atoms with E-state index in [1.54, 1.807) is 33.1 Å². The summed E-state index contributed by atoms with van der Waals surface area (Å²) in [7, 11) is 1.57. The maximum atomic E-state index is 12.7. The number of hydrogen-bond acceptors (Lipinski definition) is 6. The van der Waals surface area contributed by atoms with Gasteiger partial charge in [0.15, 0.2) is 0 Å². The molecular formula is C23H31NO6. The lowest BCUT2D eigenvalue weighted by Gasteiger charge is -2.29. The molecule has 1 aromatic carbocycles. The van der Waals surface area contributed by atoms with Crippen LogP contribution in [0.5, 0.6) is 0 Å². The lowest BCUT2D eigenvalue weighted by Crippen LogP contribution is -2.61. The van der Waals surface area contributed by atoms with Gasteiger partial charge in [-0.05, 0) is 25.0 Å². The summed E-state index contributed by atoms with van der Waals surface area (Å²) in [5, 5.41) is 2.44. The van der Waals surface area contributed by atoms with Crippen molar-refractivity contribution < 1.29 is 28.6 Å². The molecule has 0 bridgehead atoms. The Morgan fingerprint density at radius 2 is 1.67 bits per heavy atom. The average molecular weight is 418 g/mol. The van der Waals surface area contributed by atoms with E-state index in [0.717, 1.165) is 5.56 Å². The number of nitrogens with one attached hydrogen (secondary N) is 1. The topological polar surface area (TPSA) is 90.9 Å². The van der Waals surface area contributed by atoms with Gasteiger partial charge in [-0.2, -0.15) is 0 Å². The fourth-order valence-corrected chi connectivity index (χ4v) is 2.99. The predicted octanol–water partition coefficient (Wildman–Crippen LogP) is 2.75. The lowest BCUT2D eigenvalue weighted by molar-refractivity contribution is -0.167. The molecule has 1 rings (SSSR count). The largest absolute Gasteiger partial charge is 0.464 e. The Labute approximate surface area is 178 Å². The smallest absolute Gasteiger partial charge is 0.344 e. The van der Waals surface area contributed by atoms with E-state index < -0.39 is 23.4 Å². The first-order valence-electron chi connectivity index (χ1n) is 9.86. The fourth-order valence-electron chi connectivity index (χ4n) is 2.99. The fraction of sp³-hybridized carbons (Fsp3) is 0.435. The quantitative estimate of drug-likeness (QED) is 0.319. The molecule has 0 aliphatic heterocycles. The van der Waals surface area contributed by atoms with E-state index in [2.05, 4.69) is 11.9 Å². The van der Waals surface area contributed by atoms with E-state index in [1.165, 1.54) is 6.92 Å². The number of amides is 1. The molecule has 0 aromatic heterocycles. The molecule has 7 heteroatoms. The molecule has 30 heavy (non-hydrogen) atoms. The van der Waals surface area contributed by atoms with E-state index in [1.807, 2.05) is 30.3 Å². The number of rotatable bonds is 12. The Morgan fingerprint density at radius 1 is 1.10 bits per heavy atom. The summed E-state index contributed by atoms with van der Waals surface area (Å²) in [4.78, 5) is 37.3. The highest BCUT2D eigenvalue weighted by Crippen LogP contribution is 2.22. The van der Waals surface area contributed by atoms with Crippen LogP contribution in [0.25, 0.3) is 0 Å². The van der Waals surface area contributed by atoms with Gasteiger partial charge in [0.25, 0.3) is 0 Å². The molecule has 0 radical (unpaired) electrons. The standard InChI is InChI=1S/C23H31NO6/c1-6-19(20(28-5)16-18-12-10-9-11-13-18)14-15-23(24-17(4)25,21(26)29-7-2)22(27)30-8-3/h6,9-14,20H,1,7-8,15-16H2,2-5H3,(H,24,25)/b19-14+. The Kier molecular flexibility index (Phi) is 10.5. The van der Waals surface area contributed by atoms with Crippen LogP contribution in [0.2, 0.25) is 0 Å². The van der Waals surface area contributed by atoms with Gasteiger partial charge in [-0.3, -0.25) is 4.79 Å². The molecule has 1 amide bonds. The molecule has 1 atom stereocenters. The first-order valence-corrected chi connectivity index (χ1v) is 9.86. The molecule has 7 nitrogen and oxygen atoms in total. The third-order valence-corrected chi connectivity index (χ3v) is 4.44. The third-order valence-electron chi connectivity index (χ3n) is 4.44. The van der Waals surface area contributed by atoms with Crippen molar-refractivity contribution in [3.63, 3.8) is 0 Å². The lowest BCUT2D eigenvalue weighted by atomic mass is 9.91. The van der Waals surface area contributed by atoms with Crippen molar-refractivity contribution >= 4 is 17.8 Å². The number of carbonyl (C=O) groups is 3. The maximum absolute atomic E-state index is 12.7. The molecule has 0 spiro atoms. The monoisotopic (exact) mass is 417 g/mol. The first kappa shape index (κ1) is 25.1. The maximum Gasteiger partial charge on any atom is 0.344 e. The van der Waals surface area contributed by atoms with Gasteiger partial charge in [-0.15, -0.1) is 0 Å². The number of hydrogen-bond donors (Lipinski definition) is 1. The van der Waals surface area contributed by atoms with Crippen LogP contribution in [0.4, 0.5) is 0 Å². The molecular weight excluding hydrogens is 386 g/mol. The van der Waals surface area contributed by atoms with Crippen molar-refractivity contribution in [3.8, 4) is 0 Å². The summed E-state index contributed by atoms with van der Waals surface area (Å²) in [6, 6.07) is 9.75. The van der Waals surface area contributed by atoms with Gasteiger partial charge in [0.05, 0.1) is 19.3 Å². The molecule has 164 valence electrons. The molecule has 0 aliphatic rings. The highest BCUT2D eigenvalue weighted by atomic mass is 16.6. The van der Waals surface area contributed by atoms with Gasteiger partial charge in [0.2, 0.25) is 11.4 Å². The summed E-state index contributed by atoms with van der Waals surface area (Å²) in [6.07, 6.45) is 3.30. The first-order chi connectivity index (χ1) is 14.3. The van der Waals surface area contributed by atoms with Gasteiger partial charge >= 0.3 is 11.9 Å². The molecule has 0 heterocycles. The molecule has 1 N–H and O–H groups in total. The minimum atomic E-state index is -1.99. The van der Waals surface area contributed by atoms with Crippen molar-refractivity contribution in [3.05, 3.63) is 60.2 Å². The van der Waals surface area contributed by atoms with Gasteiger partial charge < -0.3 is 19.5 Å². The predicted molar refractivity (Wildman–Crippen MR) is 114 cm³/mol. The Bertz CT molecular complexity index is 738. The van der Waals surface area contributed by atoms with Crippen LogP contribution in [0, 0.1) is 0 Å². The minimum Gasteiger partial charge on any atom is -0.464 e. The molecule has 0 saturated heterocycles. The van der Waals surface area contributed by atoms with E-state index in [9.17, 15) is 14.4 Å². The summed E-state index contributed by atoms with van der Waals surface area (Å²) in [5.74, 6) is -2.32. The number of benzene rings is 1. The van der Waals surface area contributed by atoms with Crippen LogP contribution in [-0.2, 0) is 35.0 Å². The van der Waals surface area contributed by atoms with Gasteiger partial charge in [-0.25, -0.2) is 9.59 Å².